The number of ether oxygens (including phenoxy) is 1. The van der Waals surface area contributed by atoms with Crippen molar-refractivity contribution in [2.45, 2.75) is 6.92 Å². The predicted molar refractivity (Wildman–Crippen MR) is 76.9 cm³/mol. The number of hydrogen-bond donors (Lipinski definition) is 0. The van der Waals surface area contributed by atoms with Crippen LogP contribution in [0.3, 0.4) is 0 Å². The molecule has 0 saturated heterocycles. The first-order chi connectivity index (χ1) is 9.79. The Morgan fingerprint density at radius 2 is 1.86 bits per heavy atom. The van der Waals surface area contributed by atoms with Crippen LogP contribution in [0, 0.1) is 13.0 Å². The molecule has 109 valence electrons. The third-order valence-electron chi connectivity index (χ3n) is 3.09. The Balaban J connectivity index is 0.00000161. The van der Waals surface area contributed by atoms with Crippen LogP contribution >= 0.6 is 0 Å². The second-order valence-corrected chi connectivity index (χ2v) is 4.38. The van der Waals surface area contributed by atoms with Gasteiger partial charge >= 0.3 is 0 Å². The molecule has 0 unspecified atom stereocenters. The summed E-state index contributed by atoms with van der Waals surface area (Å²) in [5, 5.41) is 8.44. The monoisotopic (exact) mass is 457 g/mol. The molecule has 4 nitrogen and oxygen atoms in total. The molecular weight excluding hydrogens is 442 g/mol. The predicted octanol–water partition coefficient (Wildman–Crippen LogP) is 3.05. The van der Waals surface area contributed by atoms with E-state index in [1.54, 1.807) is 7.11 Å². The van der Waals surface area contributed by atoms with Crippen molar-refractivity contribution in [2.24, 2.45) is 0 Å². The first-order valence-corrected chi connectivity index (χ1v) is 6.33. The summed E-state index contributed by atoms with van der Waals surface area (Å²) < 4.78 is 7.26. The molecule has 0 aliphatic carbocycles. The Labute approximate surface area is 137 Å². The van der Waals surface area contributed by atoms with E-state index in [4.69, 9.17) is 4.74 Å². The number of aryl methyl sites for hydroxylation is 1. The third kappa shape index (κ3) is 3.04. The van der Waals surface area contributed by atoms with Crippen LogP contribution in [-0.4, -0.2) is 21.9 Å². The SMILES string of the molecule is COc1cc[c-]c(-c2nnc(C)n2-c2ccccc2)c1.[Ir]. The molecule has 1 heterocycles. The number of benzene rings is 2. The fraction of sp³-hybridized carbons (Fsp3) is 0.125. The molecule has 3 rings (SSSR count). The fourth-order valence-electron chi connectivity index (χ4n) is 2.12. The average molecular weight is 457 g/mol. The van der Waals surface area contributed by atoms with E-state index in [0.717, 1.165) is 28.6 Å². The van der Waals surface area contributed by atoms with Gasteiger partial charge in [-0.1, -0.05) is 24.3 Å². The molecule has 0 aliphatic heterocycles. The van der Waals surface area contributed by atoms with Crippen LogP contribution < -0.4 is 4.74 Å². The van der Waals surface area contributed by atoms with Crippen molar-refractivity contribution < 1.29 is 24.8 Å². The first kappa shape index (κ1) is 15.4. The van der Waals surface area contributed by atoms with Crippen molar-refractivity contribution in [2.75, 3.05) is 7.11 Å². The van der Waals surface area contributed by atoms with Gasteiger partial charge in [-0.3, -0.25) is 0 Å². The number of para-hydroxylation sites is 1. The Morgan fingerprint density at radius 3 is 2.57 bits per heavy atom. The molecule has 0 bridgehead atoms. The standard InChI is InChI=1S/C16H14N3O.Ir/c1-12-17-18-16(13-7-6-10-15(11-13)20-2)19(12)14-8-4-3-5-9-14;/h3-6,8-11H,1-2H3;/q-1;. The Hall–Kier alpha value is -1.97. The Morgan fingerprint density at radius 1 is 1.10 bits per heavy atom. The summed E-state index contributed by atoms with van der Waals surface area (Å²) in [6, 6.07) is 18.8. The molecule has 21 heavy (non-hydrogen) atoms. The number of nitrogens with zero attached hydrogens (tertiary/aromatic N) is 3. The van der Waals surface area contributed by atoms with Crippen LogP contribution in [-0.2, 0) is 20.1 Å². The molecule has 1 aromatic heterocycles. The van der Waals surface area contributed by atoms with Gasteiger partial charge in [0.25, 0.3) is 0 Å². The van der Waals surface area contributed by atoms with Crippen LogP contribution in [0.5, 0.6) is 5.75 Å². The van der Waals surface area contributed by atoms with Gasteiger partial charge in [-0.05, 0) is 19.1 Å². The van der Waals surface area contributed by atoms with Crippen LogP contribution in [0.4, 0.5) is 0 Å². The summed E-state index contributed by atoms with van der Waals surface area (Å²) in [7, 11) is 1.65. The minimum Gasteiger partial charge on any atom is -0.516 e. The first-order valence-electron chi connectivity index (χ1n) is 6.33. The summed E-state index contributed by atoms with van der Waals surface area (Å²) in [6.45, 7) is 1.93. The van der Waals surface area contributed by atoms with Crippen molar-refractivity contribution in [3.8, 4) is 22.8 Å². The summed E-state index contributed by atoms with van der Waals surface area (Å²) >= 11 is 0. The smallest absolute Gasteiger partial charge is 0.125 e. The van der Waals surface area contributed by atoms with Crippen molar-refractivity contribution >= 4 is 0 Å². The zero-order chi connectivity index (χ0) is 13.9. The number of methoxy groups -OCH3 is 1. The number of aromatic nitrogens is 3. The molecule has 3 aromatic rings. The van der Waals surface area contributed by atoms with Crippen molar-refractivity contribution in [3.63, 3.8) is 0 Å². The molecule has 0 aliphatic rings. The van der Waals surface area contributed by atoms with Gasteiger partial charge in [0.2, 0.25) is 0 Å². The van der Waals surface area contributed by atoms with Crippen LogP contribution in [0.15, 0.2) is 48.5 Å². The van der Waals surface area contributed by atoms with E-state index in [2.05, 4.69) is 16.3 Å². The van der Waals surface area contributed by atoms with Crippen LogP contribution in [0.25, 0.3) is 17.1 Å². The Bertz CT molecular complexity index is 725. The molecule has 5 heteroatoms. The van der Waals surface area contributed by atoms with Crippen LogP contribution in [0.2, 0.25) is 0 Å². The summed E-state index contributed by atoms with van der Waals surface area (Å²) in [4.78, 5) is 0. The van der Waals surface area contributed by atoms with Crippen molar-refractivity contribution in [1.29, 1.82) is 0 Å². The molecule has 1 radical (unpaired) electrons. The largest absolute Gasteiger partial charge is 0.516 e. The Kier molecular flexibility index (Phi) is 4.89. The van der Waals surface area contributed by atoms with Gasteiger partial charge < -0.3 is 9.30 Å². The topological polar surface area (TPSA) is 39.9 Å². The third-order valence-corrected chi connectivity index (χ3v) is 3.09. The summed E-state index contributed by atoms with van der Waals surface area (Å²) in [5.74, 6) is 2.37. The van der Waals surface area contributed by atoms with Gasteiger partial charge in [0.05, 0.1) is 12.9 Å². The molecule has 0 fully saturated rings. The maximum absolute atomic E-state index is 5.25. The molecule has 0 saturated carbocycles. The van der Waals surface area contributed by atoms with Crippen molar-refractivity contribution in [3.05, 3.63) is 60.4 Å². The molecular formula is C16H14IrN3O-. The van der Waals surface area contributed by atoms with E-state index < -0.39 is 0 Å². The normalized spacial score (nSPS) is 10.0. The van der Waals surface area contributed by atoms with E-state index in [1.807, 2.05) is 60.0 Å². The van der Waals surface area contributed by atoms with Gasteiger partial charge in [0.15, 0.2) is 0 Å². The maximum Gasteiger partial charge on any atom is 0.125 e. The van der Waals surface area contributed by atoms with E-state index in [1.165, 1.54) is 0 Å². The van der Waals surface area contributed by atoms with E-state index in [-0.39, 0.29) is 20.1 Å². The average Bonchev–Trinajstić information content (AvgIpc) is 2.90. The van der Waals surface area contributed by atoms with Gasteiger partial charge in [-0.2, -0.15) is 5.10 Å². The number of rotatable bonds is 3. The summed E-state index contributed by atoms with van der Waals surface area (Å²) in [6.07, 6.45) is 0. The maximum atomic E-state index is 5.25. The van der Waals surface area contributed by atoms with Gasteiger partial charge in [-0.15, -0.1) is 28.9 Å². The summed E-state index contributed by atoms with van der Waals surface area (Å²) in [5.41, 5.74) is 1.88. The van der Waals surface area contributed by atoms with Gasteiger partial charge in [0.1, 0.15) is 5.82 Å². The van der Waals surface area contributed by atoms with E-state index in [0.29, 0.717) is 0 Å². The molecule has 0 spiro atoms. The zero-order valence-corrected chi connectivity index (χ0v) is 14.1. The van der Waals surface area contributed by atoms with Crippen LogP contribution in [0.1, 0.15) is 5.82 Å². The molecule has 0 N–H and O–H groups in total. The number of hydrogen-bond acceptors (Lipinski definition) is 3. The minimum atomic E-state index is 0. The molecule has 0 amide bonds. The van der Waals surface area contributed by atoms with Crippen molar-refractivity contribution in [1.82, 2.24) is 14.8 Å². The zero-order valence-electron chi connectivity index (χ0n) is 11.7. The van der Waals surface area contributed by atoms with E-state index >= 15 is 0 Å². The minimum absolute atomic E-state index is 0. The quantitative estimate of drug-likeness (QED) is 0.569. The van der Waals surface area contributed by atoms with Gasteiger partial charge in [-0.25, -0.2) is 0 Å². The fourth-order valence-corrected chi connectivity index (χ4v) is 2.12. The molecule has 0 atom stereocenters. The second kappa shape index (κ2) is 6.66. The second-order valence-electron chi connectivity index (χ2n) is 4.38. The molecule has 2 aromatic carbocycles. The van der Waals surface area contributed by atoms with E-state index in [9.17, 15) is 0 Å². The van der Waals surface area contributed by atoms with Gasteiger partial charge in [0, 0.05) is 31.5 Å².